The molecule has 18 heavy (non-hydrogen) atoms. The lowest BCUT2D eigenvalue weighted by atomic mass is 9.87. The Balaban J connectivity index is 2.49. The van der Waals surface area contributed by atoms with Gasteiger partial charge in [0.2, 0.25) is 5.91 Å². The van der Waals surface area contributed by atoms with Crippen molar-refractivity contribution < 1.29 is 4.79 Å². The highest BCUT2D eigenvalue weighted by atomic mass is 16.2. The molecule has 0 aromatic heterocycles. The number of rotatable bonds is 4. The van der Waals surface area contributed by atoms with E-state index in [0.717, 1.165) is 13.1 Å². The van der Waals surface area contributed by atoms with E-state index in [-0.39, 0.29) is 17.4 Å². The van der Waals surface area contributed by atoms with E-state index in [1.54, 1.807) is 0 Å². The van der Waals surface area contributed by atoms with Crippen molar-refractivity contribution in [2.45, 2.75) is 59.0 Å². The first kappa shape index (κ1) is 15.4. The molecule has 4 nitrogen and oxygen atoms in total. The minimum atomic E-state index is -0.423. The Morgan fingerprint density at radius 3 is 2.17 bits per heavy atom. The molecule has 1 amide bonds. The third-order valence-corrected chi connectivity index (χ3v) is 4.05. The topological polar surface area (TPSA) is 58.4 Å². The smallest absolute Gasteiger partial charge is 0.240 e. The van der Waals surface area contributed by atoms with Crippen LogP contribution in [0.15, 0.2) is 0 Å². The average Bonchev–Trinajstić information content (AvgIpc) is 2.77. The summed E-state index contributed by atoms with van der Waals surface area (Å²) < 4.78 is 0. The summed E-state index contributed by atoms with van der Waals surface area (Å²) in [5, 5.41) is 3.00. The second kappa shape index (κ2) is 5.57. The van der Waals surface area contributed by atoms with Crippen LogP contribution in [0.25, 0.3) is 0 Å². The van der Waals surface area contributed by atoms with Crippen LogP contribution in [0.1, 0.15) is 47.5 Å². The lowest BCUT2D eigenvalue weighted by Gasteiger charge is -2.35. The molecular weight excluding hydrogens is 226 g/mol. The summed E-state index contributed by atoms with van der Waals surface area (Å²) in [7, 11) is 0. The van der Waals surface area contributed by atoms with Crippen molar-refractivity contribution in [3.05, 3.63) is 0 Å². The van der Waals surface area contributed by atoms with Crippen LogP contribution in [-0.2, 0) is 4.79 Å². The van der Waals surface area contributed by atoms with Gasteiger partial charge in [0, 0.05) is 12.6 Å². The molecule has 0 unspecified atom stereocenters. The molecule has 0 radical (unpaired) electrons. The molecule has 0 aromatic carbocycles. The van der Waals surface area contributed by atoms with Crippen LogP contribution >= 0.6 is 0 Å². The van der Waals surface area contributed by atoms with Crippen LogP contribution in [0, 0.1) is 5.41 Å². The minimum Gasteiger partial charge on any atom is -0.353 e. The van der Waals surface area contributed by atoms with Crippen molar-refractivity contribution in [3.63, 3.8) is 0 Å². The molecule has 3 N–H and O–H groups in total. The Morgan fingerprint density at radius 2 is 1.72 bits per heavy atom. The highest BCUT2D eigenvalue weighted by Gasteiger charge is 2.36. The van der Waals surface area contributed by atoms with Crippen LogP contribution in [0.2, 0.25) is 0 Å². The Bertz CT molecular complexity index is 288. The molecule has 0 aromatic rings. The van der Waals surface area contributed by atoms with Gasteiger partial charge in [-0.15, -0.1) is 0 Å². The van der Waals surface area contributed by atoms with Crippen molar-refractivity contribution in [1.29, 1.82) is 0 Å². The normalized spacial score (nSPS) is 19.9. The number of amides is 1. The monoisotopic (exact) mass is 255 g/mol. The van der Waals surface area contributed by atoms with Crippen LogP contribution in [0.4, 0.5) is 0 Å². The first-order valence-electron chi connectivity index (χ1n) is 6.94. The zero-order valence-electron chi connectivity index (χ0n) is 12.5. The van der Waals surface area contributed by atoms with Crippen molar-refractivity contribution in [2.75, 3.05) is 19.6 Å². The number of carbonyl (C=O) groups is 1. The molecule has 4 heteroatoms. The molecule has 1 fully saturated rings. The number of nitrogens with two attached hydrogens (primary N) is 1. The molecule has 0 bridgehead atoms. The summed E-state index contributed by atoms with van der Waals surface area (Å²) in [6.45, 7) is 12.9. The Kier molecular flexibility index (Phi) is 4.78. The highest BCUT2D eigenvalue weighted by Crippen LogP contribution is 2.21. The van der Waals surface area contributed by atoms with E-state index >= 15 is 0 Å². The third kappa shape index (κ3) is 3.69. The van der Waals surface area contributed by atoms with Crippen molar-refractivity contribution in [3.8, 4) is 0 Å². The Labute approximate surface area is 111 Å². The van der Waals surface area contributed by atoms with Gasteiger partial charge in [0.15, 0.2) is 0 Å². The first-order valence-corrected chi connectivity index (χ1v) is 6.94. The van der Waals surface area contributed by atoms with Gasteiger partial charge in [0.1, 0.15) is 0 Å². The molecule has 1 saturated heterocycles. The Hall–Kier alpha value is -0.610. The van der Waals surface area contributed by atoms with E-state index in [1.807, 2.05) is 13.8 Å². The fourth-order valence-electron chi connectivity index (χ4n) is 2.14. The molecule has 0 saturated carbocycles. The van der Waals surface area contributed by atoms with Gasteiger partial charge in [-0.2, -0.15) is 0 Å². The summed E-state index contributed by atoms with van der Waals surface area (Å²) >= 11 is 0. The number of hydrogen-bond donors (Lipinski definition) is 2. The van der Waals surface area contributed by atoms with Crippen molar-refractivity contribution in [1.82, 2.24) is 10.2 Å². The molecule has 106 valence electrons. The molecule has 0 aliphatic carbocycles. The van der Waals surface area contributed by atoms with Gasteiger partial charge >= 0.3 is 0 Å². The summed E-state index contributed by atoms with van der Waals surface area (Å²) in [4.78, 5) is 14.5. The fourth-order valence-corrected chi connectivity index (χ4v) is 2.14. The van der Waals surface area contributed by atoms with Gasteiger partial charge in [-0.25, -0.2) is 0 Å². The standard InChI is InChI=1S/C14H29N3O/c1-13(2,3)11(15)10-16-12(18)14(4,5)17-8-6-7-9-17/h11H,6-10,15H2,1-5H3,(H,16,18)/t11-/m1/s1. The van der Waals surface area contributed by atoms with E-state index < -0.39 is 5.54 Å². The van der Waals surface area contributed by atoms with Crippen molar-refractivity contribution in [2.24, 2.45) is 11.1 Å². The number of hydrogen-bond acceptors (Lipinski definition) is 3. The van der Waals surface area contributed by atoms with Crippen LogP contribution in [-0.4, -0.2) is 42.0 Å². The van der Waals surface area contributed by atoms with E-state index in [9.17, 15) is 4.79 Å². The van der Waals surface area contributed by atoms with Crippen LogP contribution in [0.3, 0.4) is 0 Å². The fraction of sp³-hybridized carbons (Fsp3) is 0.929. The predicted octanol–water partition coefficient (Wildman–Crippen LogP) is 1.35. The first-order chi connectivity index (χ1) is 8.15. The zero-order chi connectivity index (χ0) is 14.0. The molecule has 1 aliphatic heterocycles. The molecule has 1 atom stereocenters. The average molecular weight is 255 g/mol. The summed E-state index contributed by atoms with van der Waals surface area (Å²) in [6.07, 6.45) is 2.39. The van der Waals surface area contributed by atoms with E-state index in [4.69, 9.17) is 5.73 Å². The van der Waals surface area contributed by atoms with Crippen LogP contribution in [0.5, 0.6) is 0 Å². The van der Waals surface area contributed by atoms with E-state index in [2.05, 4.69) is 31.0 Å². The quantitative estimate of drug-likeness (QED) is 0.797. The second-order valence-corrected chi connectivity index (χ2v) is 6.94. The number of carbonyl (C=O) groups excluding carboxylic acids is 1. The van der Waals surface area contributed by atoms with Gasteiger partial charge in [0.05, 0.1) is 5.54 Å². The Morgan fingerprint density at radius 1 is 1.22 bits per heavy atom. The summed E-state index contributed by atoms with van der Waals surface area (Å²) in [5.74, 6) is 0.0871. The second-order valence-electron chi connectivity index (χ2n) is 6.94. The van der Waals surface area contributed by atoms with Crippen LogP contribution < -0.4 is 11.1 Å². The largest absolute Gasteiger partial charge is 0.353 e. The molecule has 0 spiro atoms. The molecule has 1 rings (SSSR count). The van der Waals surface area contributed by atoms with Gasteiger partial charge < -0.3 is 11.1 Å². The maximum Gasteiger partial charge on any atom is 0.240 e. The summed E-state index contributed by atoms with van der Waals surface area (Å²) in [6, 6.07) is -0.0178. The molecular formula is C14H29N3O. The number of likely N-dealkylation sites (tertiary alicyclic amines) is 1. The summed E-state index contributed by atoms with van der Waals surface area (Å²) in [5.41, 5.74) is 5.66. The lowest BCUT2D eigenvalue weighted by molar-refractivity contribution is -0.131. The highest BCUT2D eigenvalue weighted by molar-refractivity contribution is 5.85. The minimum absolute atomic E-state index is 0.0178. The number of nitrogens with zero attached hydrogens (tertiary/aromatic N) is 1. The van der Waals surface area contributed by atoms with Gasteiger partial charge in [-0.05, 0) is 45.2 Å². The maximum atomic E-state index is 12.3. The number of nitrogens with one attached hydrogen (secondary N) is 1. The van der Waals surface area contributed by atoms with E-state index in [0.29, 0.717) is 6.54 Å². The lowest BCUT2D eigenvalue weighted by Crippen LogP contribution is -2.56. The van der Waals surface area contributed by atoms with E-state index in [1.165, 1.54) is 12.8 Å². The van der Waals surface area contributed by atoms with Gasteiger partial charge in [-0.1, -0.05) is 20.8 Å². The van der Waals surface area contributed by atoms with Crippen molar-refractivity contribution >= 4 is 5.91 Å². The molecule has 1 heterocycles. The third-order valence-electron chi connectivity index (χ3n) is 4.05. The zero-order valence-corrected chi connectivity index (χ0v) is 12.5. The van der Waals surface area contributed by atoms with Gasteiger partial charge in [0.25, 0.3) is 0 Å². The predicted molar refractivity (Wildman–Crippen MR) is 75.3 cm³/mol. The molecule has 1 aliphatic rings. The maximum absolute atomic E-state index is 12.3. The SMILES string of the molecule is CC(C)(C)[C@H](N)CNC(=O)C(C)(C)N1CCCC1. The van der Waals surface area contributed by atoms with Gasteiger partial charge in [-0.3, -0.25) is 9.69 Å².